The molecule has 5 nitrogen and oxygen atoms in total. The maximum Gasteiger partial charge on any atom is 0.203 e. The molecule has 3 heterocycles. The molecule has 0 aromatic heterocycles. The number of ether oxygens (including phenoxy) is 3. The van der Waals surface area contributed by atoms with Gasteiger partial charge in [-0.1, -0.05) is 0 Å². The van der Waals surface area contributed by atoms with Gasteiger partial charge in [-0.2, -0.15) is 0 Å². The molecule has 1 N–H and O–H groups in total. The van der Waals surface area contributed by atoms with E-state index in [-0.39, 0.29) is 0 Å². The maximum atomic E-state index is 5.42. The summed E-state index contributed by atoms with van der Waals surface area (Å²) in [6.07, 6.45) is 2.59. The van der Waals surface area contributed by atoms with E-state index in [1.807, 2.05) is 12.1 Å². The molecule has 21 heavy (non-hydrogen) atoms. The van der Waals surface area contributed by atoms with Crippen molar-refractivity contribution in [1.82, 2.24) is 4.90 Å². The summed E-state index contributed by atoms with van der Waals surface area (Å²) < 4.78 is 16.2. The van der Waals surface area contributed by atoms with Crippen molar-refractivity contribution >= 4 is 5.69 Å². The van der Waals surface area contributed by atoms with Crippen molar-refractivity contribution in [2.75, 3.05) is 46.3 Å². The molecule has 3 aliphatic heterocycles. The monoisotopic (exact) mass is 292 g/mol. The number of anilines is 1. The minimum absolute atomic E-state index is 0.510. The van der Waals surface area contributed by atoms with Gasteiger partial charge in [-0.15, -0.1) is 0 Å². The molecule has 4 rings (SSSR count). The number of methoxy groups -OCH3 is 3. The summed E-state index contributed by atoms with van der Waals surface area (Å²) in [4.78, 5) is 2.54. The predicted octanol–water partition coefficient (Wildman–Crippen LogP) is 2.22. The third-order valence-corrected chi connectivity index (χ3v) is 4.67. The molecule has 0 amide bonds. The van der Waals surface area contributed by atoms with E-state index in [1.165, 1.54) is 25.9 Å². The van der Waals surface area contributed by atoms with Crippen molar-refractivity contribution in [3.8, 4) is 17.2 Å². The second kappa shape index (κ2) is 6.02. The summed E-state index contributed by atoms with van der Waals surface area (Å²) in [5, 5.41) is 3.66. The highest BCUT2D eigenvalue weighted by atomic mass is 16.5. The summed E-state index contributed by atoms with van der Waals surface area (Å²) in [6.45, 7) is 3.62. The number of benzene rings is 1. The molecule has 0 aliphatic carbocycles. The van der Waals surface area contributed by atoms with Crippen LogP contribution in [0.4, 0.5) is 5.69 Å². The predicted molar refractivity (Wildman–Crippen MR) is 82.7 cm³/mol. The zero-order chi connectivity index (χ0) is 14.8. The van der Waals surface area contributed by atoms with E-state index in [2.05, 4.69) is 10.2 Å². The Balaban J connectivity index is 1.82. The standard InChI is InChI=1S/C16H24N2O3/c1-19-14-8-12(9-15(20-2)16(14)21-3)17-13-10-18-6-4-11(13)5-7-18/h8-9,11,13,17H,4-7,10H2,1-3H3. The van der Waals surface area contributed by atoms with Gasteiger partial charge < -0.3 is 24.4 Å². The van der Waals surface area contributed by atoms with Gasteiger partial charge >= 0.3 is 0 Å². The van der Waals surface area contributed by atoms with Crippen molar-refractivity contribution in [3.63, 3.8) is 0 Å². The van der Waals surface area contributed by atoms with Crippen LogP contribution in [0.3, 0.4) is 0 Å². The average Bonchev–Trinajstić information content (AvgIpc) is 2.55. The highest BCUT2D eigenvalue weighted by Crippen LogP contribution is 2.41. The van der Waals surface area contributed by atoms with Crippen molar-refractivity contribution in [2.24, 2.45) is 5.92 Å². The summed E-state index contributed by atoms with van der Waals surface area (Å²) in [5.74, 6) is 2.80. The van der Waals surface area contributed by atoms with Crippen molar-refractivity contribution in [3.05, 3.63) is 12.1 Å². The topological polar surface area (TPSA) is 43.0 Å². The van der Waals surface area contributed by atoms with Gasteiger partial charge in [0.2, 0.25) is 5.75 Å². The van der Waals surface area contributed by atoms with E-state index in [0.29, 0.717) is 23.3 Å². The molecule has 3 saturated heterocycles. The smallest absolute Gasteiger partial charge is 0.203 e. The van der Waals surface area contributed by atoms with E-state index in [1.54, 1.807) is 21.3 Å². The van der Waals surface area contributed by atoms with Crippen LogP contribution >= 0.6 is 0 Å². The van der Waals surface area contributed by atoms with Gasteiger partial charge in [0.15, 0.2) is 11.5 Å². The molecule has 1 aromatic carbocycles. The Hall–Kier alpha value is -1.62. The molecule has 1 aromatic rings. The third kappa shape index (κ3) is 2.75. The second-order valence-corrected chi connectivity index (χ2v) is 5.80. The van der Waals surface area contributed by atoms with E-state index in [4.69, 9.17) is 14.2 Å². The minimum atomic E-state index is 0.510. The van der Waals surface area contributed by atoms with Crippen LogP contribution in [-0.4, -0.2) is 51.9 Å². The number of hydrogen-bond donors (Lipinski definition) is 1. The van der Waals surface area contributed by atoms with Gasteiger partial charge in [-0.05, 0) is 31.8 Å². The van der Waals surface area contributed by atoms with Crippen molar-refractivity contribution in [2.45, 2.75) is 18.9 Å². The fourth-order valence-electron chi connectivity index (χ4n) is 3.51. The quantitative estimate of drug-likeness (QED) is 0.901. The van der Waals surface area contributed by atoms with Gasteiger partial charge in [0.25, 0.3) is 0 Å². The Bertz CT molecular complexity index is 473. The summed E-state index contributed by atoms with van der Waals surface area (Å²) in [6, 6.07) is 4.48. The number of piperidine rings is 3. The van der Waals surface area contributed by atoms with Crippen LogP contribution in [0.1, 0.15) is 12.8 Å². The molecule has 3 fully saturated rings. The summed E-state index contributed by atoms with van der Waals surface area (Å²) >= 11 is 0. The molecular weight excluding hydrogens is 268 g/mol. The zero-order valence-corrected chi connectivity index (χ0v) is 13.0. The first-order valence-electron chi connectivity index (χ1n) is 7.54. The van der Waals surface area contributed by atoms with E-state index in [9.17, 15) is 0 Å². The second-order valence-electron chi connectivity index (χ2n) is 5.80. The first-order valence-corrected chi connectivity index (χ1v) is 7.54. The Morgan fingerprint density at radius 1 is 1.00 bits per heavy atom. The molecule has 0 spiro atoms. The van der Waals surface area contributed by atoms with Crippen LogP contribution in [0.15, 0.2) is 12.1 Å². The molecule has 2 bridgehead atoms. The number of nitrogens with zero attached hydrogens (tertiary/aromatic N) is 1. The molecule has 5 heteroatoms. The van der Waals surface area contributed by atoms with Gasteiger partial charge in [-0.3, -0.25) is 0 Å². The zero-order valence-electron chi connectivity index (χ0n) is 13.0. The van der Waals surface area contributed by atoms with Crippen molar-refractivity contribution < 1.29 is 14.2 Å². The fraction of sp³-hybridized carbons (Fsp3) is 0.625. The summed E-state index contributed by atoms with van der Waals surface area (Å²) in [5.41, 5.74) is 1.03. The van der Waals surface area contributed by atoms with Crippen molar-refractivity contribution in [1.29, 1.82) is 0 Å². The molecule has 116 valence electrons. The highest BCUT2D eigenvalue weighted by Gasteiger charge is 2.34. The highest BCUT2D eigenvalue weighted by molar-refractivity contribution is 5.63. The van der Waals surface area contributed by atoms with Crippen LogP contribution in [0.5, 0.6) is 17.2 Å². The van der Waals surface area contributed by atoms with E-state index >= 15 is 0 Å². The summed E-state index contributed by atoms with van der Waals surface area (Å²) in [7, 11) is 4.92. The lowest BCUT2D eigenvalue weighted by atomic mass is 9.84. The third-order valence-electron chi connectivity index (χ3n) is 4.67. The SMILES string of the molecule is COc1cc(NC2CN3CCC2CC3)cc(OC)c1OC. The largest absolute Gasteiger partial charge is 0.493 e. The Morgan fingerprint density at radius 3 is 2.05 bits per heavy atom. The normalized spacial score (nSPS) is 27.3. The lowest BCUT2D eigenvalue weighted by Crippen LogP contribution is -2.53. The molecule has 1 atom stereocenters. The number of fused-ring (bicyclic) bond motifs is 3. The lowest BCUT2D eigenvalue weighted by Gasteiger charge is -2.45. The molecule has 0 radical (unpaired) electrons. The average molecular weight is 292 g/mol. The molecule has 0 saturated carbocycles. The first-order chi connectivity index (χ1) is 10.2. The van der Waals surface area contributed by atoms with Crippen LogP contribution in [0.25, 0.3) is 0 Å². The Labute approximate surface area is 126 Å². The first kappa shape index (κ1) is 14.3. The number of nitrogens with one attached hydrogen (secondary N) is 1. The van der Waals surface area contributed by atoms with Crippen LogP contribution in [0.2, 0.25) is 0 Å². The van der Waals surface area contributed by atoms with Gasteiger partial charge in [0.1, 0.15) is 0 Å². The Morgan fingerprint density at radius 2 is 1.62 bits per heavy atom. The van der Waals surface area contributed by atoms with E-state index in [0.717, 1.165) is 18.2 Å². The number of rotatable bonds is 5. The minimum Gasteiger partial charge on any atom is -0.493 e. The molecule has 3 aliphatic rings. The molecule has 1 unspecified atom stereocenters. The van der Waals surface area contributed by atoms with Gasteiger partial charge in [0.05, 0.1) is 21.3 Å². The van der Waals surface area contributed by atoms with Gasteiger partial charge in [0, 0.05) is 30.4 Å². The van der Waals surface area contributed by atoms with Crippen LogP contribution in [-0.2, 0) is 0 Å². The molecular formula is C16H24N2O3. The Kier molecular flexibility index (Phi) is 4.10. The fourth-order valence-corrected chi connectivity index (χ4v) is 3.51. The van der Waals surface area contributed by atoms with Crippen LogP contribution < -0.4 is 19.5 Å². The lowest BCUT2D eigenvalue weighted by molar-refractivity contribution is 0.0975. The van der Waals surface area contributed by atoms with Crippen LogP contribution in [0, 0.1) is 5.92 Å². The van der Waals surface area contributed by atoms with Gasteiger partial charge in [-0.25, -0.2) is 0 Å². The number of hydrogen-bond acceptors (Lipinski definition) is 5. The van der Waals surface area contributed by atoms with E-state index < -0.39 is 0 Å². The maximum absolute atomic E-state index is 5.42.